The van der Waals surface area contributed by atoms with Crippen LogP contribution in [0.1, 0.15) is 24.4 Å². The van der Waals surface area contributed by atoms with Gasteiger partial charge in [-0.3, -0.25) is 4.90 Å². The molecule has 3 nitrogen and oxygen atoms in total. The third-order valence-electron chi connectivity index (χ3n) is 3.78. The molecule has 8 heteroatoms. The molecule has 1 aromatic carbocycles. The summed E-state index contributed by atoms with van der Waals surface area (Å²) in [5, 5.41) is 3.22. The van der Waals surface area contributed by atoms with Gasteiger partial charge in [0.25, 0.3) is 0 Å². The average Bonchev–Trinajstić information content (AvgIpc) is 2.44. The molecule has 0 bridgehead atoms. The Bertz CT molecular complexity index is 517. The summed E-state index contributed by atoms with van der Waals surface area (Å²) in [6.45, 7) is 2.98. The van der Waals surface area contributed by atoms with Crippen molar-refractivity contribution < 1.29 is 13.2 Å². The maximum atomic E-state index is 12.7. The normalized spacial score (nSPS) is 18.4. The van der Waals surface area contributed by atoms with Gasteiger partial charge in [0.1, 0.15) is 0 Å². The minimum Gasteiger partial charge on any atom is -0.398 e. The van der Waals surface area contributed by atoms with Gasteiger partial charge in [0.15, 0.2) is 0 Å². The van der Waals surface area contributed by atoms with Gasteiger partial charge in [-0.2, -0.15) is 13.2 Å². The number of hydrogen-bond donors (Lipinski definition) is 2. The van der Waals surface area contributed by atoms with E-state index in [0.717, 1.165) is 23.1 Å². The monoisotopic (exact) mass is 443 g/mol. The van der Waals surface area contributed by atoms with Crippen molar-refractivity contribution in [1.29, 1.82) is 0 Å². The number of nitrogens with zero attached hydrogens (tertiary/aromatic N) is 1. The van der Waals surface area contributed by atoms with Crippen LogP contribution < -0.4 is 11.1 Å². The Morgan fingerprint density at radius 2 is 1.86 bits per heavy atom. The van der Waals surface area contributed by atoms with Gasteiger partial charge < -0.3 is 11.1 Å². The van der Waals surface area contributed by atoms with Crippen LogP contribution in [-0.4, -0.2) is 37.3 Å². The molecule has 1 aliphatic rings. The first-order valence-electron chi connectivity index (χ1n) is 7.04. The molecule has 0 radical (unpaired) electrons. The Kier molecular flexibility index (Phi) is 6.15. The van der Waals surface area contributed by atoms with E-state index in [9.17, 15) is 13.2 Å². The van der Waals surface area contributed by atoms with Gasteiger partial charge in [-0.15, -0.1) is 0 Å². The molecule has 1 atom stereocenters. The molecule has 1 aliphatic heterocycles. The molecule has 1 fully saturated rings. The SMILES string of the molecule is Nc1c(Br)cc(Br)cc1[C@@H](CCC(F)(F)F)N1CCNCC1. The minimum atomic E-state index is -4.16. The lowest BCUT2D eigenvalue weighted by atomic mass is 9.97. The van der Waals surface area contributed by atoms with E-state index in [1.807, 2.05) is 6.07 Å². The second-order valence-electron chi connectivity index (χ2n) is 5.35. The summed E-state index contributed by atoms with van der Waals surface area (Å²) in [6.07, 6.45) is -4.97. The van der Waals surface area contributed by atoms with Gasteiger partial charge in [-0.25, -0.2) is 0 Å². The van der Waals surface area contributed by atoms with Crippen molar-refractivity contribution in [2.75, 3.05) is 31.9 Å². The molecule has 0 aromatic heterocycles. The van der Waals surface area contributed by atoms with E-state index in [-0.39, 0.29) is 12.5 Å². The molecule has 3 N–H and O–H groups in total. The third kappa shape index (κ3) is 4.84. The molecule has 0 amide bonds. The van der Waals surface area contributed by atoms with Gasteiger partial charge in [0.05, 0.1) is 5.69 Å². The second-order valence-corrected chi connectivity index (χ2v) is 7.12. The highest BCUT2D eigenvalue weighted by Gasteiger charge is 2.32. The number of nitrogens with one attached hydrogen (secondary N) is 1. The van der Waals surface area contributed by atoms with Crippen molar-refractivity contribution in [3.05, 3.63) is 26.6 Å². The van der Waals surface area contributed by atoms with E-state index in [0.29, 0.717) is 23.2 Å². The first kappa shape index (κ1) is 18.0. The molecule has 0 unspecified atom stereocenters. The van der Waals surface area contributed by atoms with Crippen molar-refractivity contribution in [2.45, 2.75) is 25.1 Å². The topological polar surface area (TPSA) is 41.3 Å². The average molecular weight is 445 g/mol. The first-order chi connectivity index (χ1) is 10.3. The molecule has 22 heavy (non-hydrogen) atoms. The smallest absolute Gasteiger partial charge is 0.389 e. The zero-order valence-electron chi connectivity index (χ0n) is 11.9. The summed E-state index contributed by atoms with van der Waals surface area (Å²) in [6, 6.07) is 3.29. The third-order valence-corrected chi connectivity index (χ3v) is 4.89. The van der Waals surface area contributed by atoms with E-state index < -0.39 is 12.6 Å². The molecular formula is C14H18Br2F3N3. The Labute approximate surface area is 144 Å². The summed E-state index contributed by atoms with van der Waals surface area (Å²) in [5.41, 5.74) is 7.36. The van der Waals surface area contributed by atoms with Gasteiger partial charge in [-0.05, 0) is 40.0 Å². The zero-order valence-corrected chi connectivity index (χ0v) is 15.1. The fraction of sp³-hybridized carbons (Fsp3) is 0.571. The van der Waals surface area contributed by atoms with Gasteiger partial charge >= 0.3 is 6.18 Å². The maximum Gasteiger partial charge on any atom is 0.389 e. The Hall–Kier alpha value is -0.310. The van der Waals surface area contributed by atoms with Crippen LogP contribution in [0.15, 0.2) is 21.1 Å². The molecular weight excluding hydrogens is 427 g/mol. The van der Waals surface area contributed by atoms with E-state index in [1.54, 1.807) is 6.07 Å². The number of alkyl halides is 3. The summed E-state index contributed by atoms with van der Waals surface area (Å²) in [4.78, 5) is 2.08. The van der Waals surface area contributed by atoms with Crippen molar-refractivity contribution in [3.8, 4) is 0 Å². The number of anilines is 1. The number of benzene rings is 1. The highest BCUT2D eigenvalue weighted by molar-refractivity contribution is 9.11. The lowest BCUT2D eigenvalue weighted by Gasteiger charge is -2.36. The van der Waals surface area contributed by atoms with Crippen LogP contribution in [0.5, 0.6) is 0 Å². The predicted molar refractivity (Wildman–Crippen MR) is 88.7 cm³/mol. The minimum absolute atomic E-state index is 0.0105. The Morgan fingerprint density at radius 3 is 2.45 bits per heavy atom. The van der Waals surface area contributed by atoms with Crippen LogP contribution in [0, 0.1) is 0 Å². The van der Waals surface area contributed by atoms with Crippen LogP contribution in [0.2, 0.25) is 0 Å². The molecule has 1 heterocycles. The standard InChI is InChI=1S/C14H18Br2F3N3/c15-9-7-10(13(20)11(16)8-9)12(1-2-14(17,18)19)22-5-3-21-4-6-22/h7-8,12,21H,1-6,20H2/t12-/m1/s1. The van der Waals surface area contributed by atoms with Crippen LogP contribution in [0.3, 0.4) is 0 Å². The van der Waals surface area contributed by atoms with Crippen molar-refractivity contribution in [3.63, 3.8) is 0 Å². The van der Waals surface area contributed by atoms with E-state index in [1.165, 1.54) is 0 Å². The summed E-state index contributed by atoms with van der Waals surface area (Å²) in [5.74, 6) is 0. The first-order valence-corrected chi connectivity index (χ1v) is 8.62. The quantitative estimate of drug-likeness (QED) is 0.687. The molecule has 124 valence electrons. The highest BCUT2D eigenvalue weighted by atomic mass is 79.9. The molecule has 0 spiro atoms. The van der Waals surface area contributed by atoms with Crippen LogP contribution in [0.4, 0.5) is 18.9 Å². The fourth-order valence-corrected chi connectivity index (χ4v) is 3.97. The van der Waals surface area contributed by atoms with Gasteiger partial charge in [0, 0.05) is 47.6 Å². The number of halogens is 5. The maximum absolute atomic E-state index is 12.7. The lowest BCUT2D eigenvalue weighted by Crippen LogP contribution is -2.45. The van der Waals surface area contributed by atoms with E-state index in [2.05, 4.69) is 42.1 Å². The van der Waals surface area contributed by atoms with Gasteiger partial charge in [0.2, 0.25) is 0 Å². The van der Waals surface area contributed by atoms with Crippen LogP contribution >= 0.6 is 31.9 Å². The summed E-state index contributed by atoms with van der Waals surface area (Å²) in [7, 11) is 0. The molecule has 2 rings (SSSR count). The molecule has 0 saturated carbocycles. The lowest BCUT2D eigenvalue weighted by molar-refractivity contribution is -0.138. The predicted octanol–water partition coefficient (Wildman–Crippen LogP) is 4.08. The summed E-state index contributed by atoms with van der Waals surface area (Å²) >= 11 is 6.76. The number of nitrogens with two attached hydrogens (primary N) is 1. The van der Waals surface area contributed by atoms with Crippen molar-refractivity contribution in [1.82, 2.24) is 10.2 Å². The molecule has 1 aromatic rings. The van der Waals surface area contributed by atoms with E-state index >= 15 is 0 Å². The molecule has 1 saturated heterocycles. The largest absolute Gasteiger partial charge is 0.398 e. The van der Waals surface area contributed by atoms with Crippen molar-refractivity contribution in [2.24, 2.45) is 0 Å². The van der Waals surface area contributed by atoms with Crippen molar-refractivity contribution >= 4 is 37.5 Å². The van der Waals surface area contributed by atoms with Gasteiger partial charge in [-0.1, -0.05) is 15.9 Å². The van der Waals surface area contributed by atoms with E-state index in [4.69, 9.17) is 5.73 Å². The summed E-state index contributed by atoms with van der Waals surface area (Å²) < 4.78 is 39.5. The Morgan fingerprint density at radius 1 is 1.23 bits per heavy atom. The number of hydrogen-bond acceptors (Lipinski definition) is 3. The number of nitrogen functional groups attached to an aromatic ring is 1. The number of piperazine rings is 1. The zero-order chi connectivity index (χ0) is 16.3. The Balaban J connectivity index is 2.30. The number of rotatable bonds is 4. The molecule has 0 aliphatic carbocycles. The fourth-order valence-electron chi connectivity index (χ4n) is 2.71. The van der Waals surface area contributed by atoms with Crippen LogP contribution in [-0.2, 0) is 0 Å². The highest BCUT2D eigenvalue weighted by Crippen LogP contribution is 2.38. The van der Waals surface area contributed by atoms with Crippen LogP contribution in [0.25, 0.3) is 0 Å². The second kappa shape index (κ2) is 7.51.